The zero-order chi connectivity index (χ0) is 9.35. The summed E-state index contributed by atoms with van der Waals surface area (Å²) in [4.78, 5) is 4.61. The van der Waals surface area contributed by atoms with E-state index in [1.165, 1.54) is 0 Å². The molecule has 0 spiro atoms. The molecule has 1 aliphatic heterocycles. The number of hydrogen-bond donors (Lipinski definition) is 0. The van der Waals surface area contributed by atoms with Crippen molar-refractivity contribution in [3.05, 3.63) is 0 Å². The summed E-state index contributed by atoms with van der Waals surface area (Å²) >= 11 is 1.89. The molecule has 0 radical (unpaired) electrons. The first-order valence-electron chi connectivity index (χ1n) is 4.67. The van der Waals surface area contributed by atoms with Crippen LogP contribution in [0.3, 0.4) is 0 Å². The van der Waals surface area contributed by atoms with Crippen molar-refractivity contribution in [1.82, 2.24) is 0 Å². The van der Waals surface area contributed by atoms with Crippen molar-refractivity contribution >= 4 is 17.3 Å². The van der Waals surface area contributed by atoms with E-state index in [-0.39, 0.29) is 5.54 Å². The van der Waals surface area contributed by atoms with Gasteiger partial charge in [-0.15, -0.1) is 11.8 Å². The minimum atomic E-state index is 0.166. The van der Waals surface area contributed by atoms with Gasteiger partial charge in [0.15, 0.2) is 0 Å². The minimum absolute atomic E-state index is 0.166. The third-order valence-electron chi connectivity index (χ3n) is 2.89. The zero-order valence-electron chi connectivity index (χ0n) is 8.66. The fourth-order valence-electron chi connectivity index (χ4n) is 1.73. The molecule has 1 unspecified atom stereocenters. The van der Waals surface area contributed by atoms with Crippen LogP contribution in [0, 0.1) is 11.8 Å². The van der Waals surface area contributed by atoms with Crippen molar-refractivity contribution in [2.45, 2.75) is 45.4 Å². The topological polar surface area (TPSA) is 12.4 Å². The van der Waals surface area contributed by atoms with Crippen LogP contribution in [-0.2, 0) is 0 Å². The van der Waals surface area contributed by atoms with Crippen LogP contribution in [0.25, 0.3) is 0 Å². The molecule has 1 nitrogen and oxygen atoms in total. The smallest absolute Gasteiger partial charge is 0.0733 e. The van der Waals surface area contributed by atoms with Crippen molar-refractivity contribution in [3.8, 4) is 0 Å². The second-order valence-electron chi connectivity index (χ2n) is 4.42. The van der Waals surface area contributed by atoms with E-state index in [1.54, 1.807) is 0 Å². The lowest BCUT2D eigenvalue weighted by atomic mass is 9.81. The van der Waals surface area contributed by atoms with Crippen LogP contribution in [0.4, 0.5) is 0 Å². The highest BCUT2D eigenvalue weighted by Crippen LogP contribution is 2.41. The molecule has 1 heterocycles. The van der Waals surface area contributed by atoms with E-state index in [2.05, 4.69) is 39.6 Å². The summed E-state index contributed by atoms with van der Waals surface area (Å²) in [6, 6.07) is 0. The molecule has 0 aromatic heterocycles. The maximum atomic E-state index is 4.61. The van der Waals surface area contributed by atoms with Gasteiger partial charge < -0.3 is 0 Å². The SMILES string of the molecule is CC(C)C1SC=N[C@@]1(C)C(C)C. The average molecular weight is 185 g/mol. The molecule has 2 atom stereocenters. The number of thioether (sulfide) groups is 1. The zero-order valence-corrected chi connectivity index (χ0v) is 9.48. The summed E-state index contributed by atoms with van der Waals surface area (Å²) in [5, 5.41) is 0.664. The largest absolute Gasteiger partial charge is 0.279 e. The number of aliphatic imine (C=N–C) groups is 1. The van der Waals surface area contributed by atoms with Crippen LogP contribution >= 0.6 is 11.8 Å². The Morgan fingerprint density at radius 2 is 1.92 bits per heavy atom. The van der Waals surface area contributed by atoms with Gasteiger partial charge in [0.05, 0.1) is 11.1 Å². The van der Waals surface area contributed by atoms with Gasteiger partial charge in [0.2, 0.25) is 0 Å². The highest BCUT2D eigenvalue weighted by atomic mass is 32.2. The molecule has 0 saturated carbocycles. The molecule has 70 valence electrons. The Hall–Kier alpha value is 0.0200. The Morgan fingerprint density at radius 1 is 1.33 bits per heavy atom. The van der Waals surface area contributed by atoms with E-state index >= 15 is 0 Å². The molecule has 1 rings (SSSR count). The maximum absolute atomic E-state index is 4.61. The summed E-state index contributed by atoms with van der Waals surface area (Å²) in [7, 11) is 0. The summed E-state index contributed by atoms with van der Waals surface area (Å²) in [5.41, 5.74) is 2.20. The fraction of sp³-hybridized carbons (Fsp3) is 0.900. The van der Waals surface area contributed by atoms with Gasteiger partial charge in [-0.25, -0.2) is 0 Å². The molecule has 0 amide bonds. The predicted octanol–water partition coefficient (Wildman–Crippen LogP) is 3.20. The Labute approximate surface area is 80.0 Å². The molecule has 0 saturated heterocycles. The normalized spacial score (nSPS) is 35.4. The number of nitrogens with zero attached hydrogens (tertiary/aromatic N) is 1. The second kappa shape index (κ2) is 3.41. The van der Waals surface area contributed by atoms with Gasteiger partial charge in [0.25, 0.3) is 0 Å². The Bertz CT molecular complexity index is 186. The molecule has 12 heavy (non-hydrogen) atoms. The molecular weight excluding hydrogens is 166 g/mol. The Balaban J connectivity index is 2.80. The molecule has 0 aromatic carbocycles. The van der Waals surface area contributed by atoms with Crippen molar-refractivity contribution in [2.75, 3.05) is 0 Å². The van der Waals surface area contributed by atoms with Crippen LogP contribution in [0.15, 0.2) is 4.99 Å². The van der Waals surface area contributed by atoms with E-state index in [0.717, 1.165) is 0 Å². The van der Waals surface area contributed by atoms with Crippen LogP contribution < -0.4 is 0 Å². The molecule has 0 fully saturated rings. The first-order valence-corrected chi connectivity index (χ1v) is 5.62. The lowest BCUT2D eigenvalue weighted by Gasteiger charge is -2.34. The summed E-state index contributed by atoms with van der Waals surface area (Å²) in [6.07, 6.45) is 0. The molecule has 1 aliphatic rings. The van der Waals surface area contributed by atoms with Crippen LogP contribution in [-0.4, -0.2) is 16.3 Å². The van der Waals surface area contributed by atoms with Gasteiger partial charge in [0.1, 0.15) is 0 Å². The van der Waals surface area contributed by atoms with E-state index in [4.69, 9.17) is 0 Å². The maximum Gasteiger partial charge on any atom is 0.0733 e. The number of rotatable bonds is 2. The van der Waals surface area contributed by atoms with Crippen LogP contribution in [0.5, 0.6) is 0 Å². The lowest BCUT2D eigenvalue weighted by molar-refractivity contribution is 0.302. The first-order chi connectivity index (χ1) is 5.48. The van der Waals surface area contributed by atoms with E-state index in [0.29, 0.717) is 17.1 Å². The third-order valence-corrected chi connectivity index (χ3v) is 4.43. The summed E-state index contributed by atoms with van der Waals surface area (Å²) < 4.78 is 0. The van der Waals surface area contributed by atoms with Gasteiger partial charge in [-0.2, -0.15) is 0 Å². The van der Waals surface area contributed by atoms with Crippen molar-refractivity contribution in [1.29, 1.82) is 0 Å². The summed E-state index contributed by atoms with van der Waals surface area (Å²) in [6.45, 7) is 11.4. The standard InChI is InChI=1S/C10H19NS/c1-7(2)9-10(5,8(3)4)11-6-12-9/h6-9H,1-5H3/t9?,10-/m0/s1. The van der Waals surface area contributed by atoms with E-state index in [9.17, 15) is 0 Å². The van der Waals surface area contributed by atoms with Gasteiger partial charge in [-0.1, -0.05) is 27.7 Å². The molecule has 0 N–H and O–H groups in total. The molecule has 0 aliphatic carbocycles. The molecular formula is C10H19NS. The average Bonchev–Trinajstić information content (AvgIpc) is 2.32. The first kappa shape index (κ1) is 10.1. The van der Waals surface area contributed by atoms with E-state index < -0.39 is 0 Å². The van der Waals surface area contributed by atoms with Gasteiger partial charge in [-0.3, -0.25) is 4.99 Å². The van der Waals surface area contributed by atoms with Crippen molar-refractivity contribution in [3.63, 3.8) is 0 Å². The molecule has 2 heteroatoms. The van der Waals surface area contributed by atoms with Gasteiger partial charge in [-0.05, 0) is 18.8 Å². The monoisotopic (exact) mass is 185 g/mol. The third kappa shape index (κ3) is 1.54. The van der Waals surface area contributed by atoms with Crippen molar-refractivity contribution in [2.24, 2.45) is 16.8 Å². The van der Waals surface area contributed by atoms with Gasteiger partial charge >= 0.3 is 0 Å². The van der Waals surface area contributed by atoms with E-state index in [1.807, 2.05) is 17.3 Å². The quantitative estimate of drug-likeness (QED) is 0.643. The second-order valence-corrected chi connectivity index (χ2v) is 5.41. The minimum Gasteiger partial charge on any atom is -0.279 e. The highest BCUT2D eigenvalue weighted by molar-refractivity contribution is 8.13. The van der Waals surface area contributed by atoms with Crippen LogP contribution in [0.2, 0.25) is 0 Å². The molecule has 0 aromatic rings. The van der Waals surface area contributed by atoms with Crippen molar-refractivity contribution < 1.29 is 0 Å². The highest BCUT2D eigenvalue weighted by Gasteiger charge is 2.41. The molecule has 0 bridgehead atoms. The summed E-state index contributed by atoms with van der Waals surface area (Å²) in [5.74, 6) is 1.35. The number of hydrogen-bond acceptors (Lipinski definition) is 2. The van der Waals surface area contributed by atoms with Gasteiger partial charge in [0, 0.05) is 5.25 Å². The lowest BCUT2D eigenvalue weighted by Crippen LogP contribution is -2.40. The fourth-order valence-corrected chi connectivity index (χ4v) is 3.07. The van der Waals surface area contributed by atoms with Crippen LogP contribution in [0.1, 0.15) is 34.6 Å². The predicted molar refractivity (Wildman–Crippen MR) is 58.0 cm³/mol. The Morgan fingerprint density at radius 3 is 2.25 bits per heavy atom. The Kier molecular flexibility index (Phi) is 2.87.